The molecule has 1 saturated carbocycles. The molecule has 1 atom stereocenters. The summed E-state index contributed by atoms with van der Waals surface area (Å²) in [6, 6.07) is 10.6. The van der Waals surface area contributed by atoms with Crippen molar-refractivity contribution in [3.8, 4) is 5.75 Å². The van der Waals surface area contributed by atoms with Crippen LogP contribution in [0.4, 0.5) is 13.2 Å². The second-order valence-corrected chi connectivity index (χ2v) is 6.74. The lowest BCUT2D eigenvalue weighted by Gasteiger charge is -2.54. The van der Waals surface area contributed by atoms with Crippen molar-refractivity contribution in [2.24, 2.45) is 0 Å². The molecule has 134 valence electrons. The van der Waals surface area contributed by atoms with E-state index in [9.17, 15) is 23.4 Å². The molecule has 4 nitrogen and oxygen atoms in total. The van der Waals surface area contributed by atoms with Gasteiger partial charge in [0.1, 0.15) is 11.9 Å². The largest absolute Gasteiger partial charge is 0.573 e. The van der Waals surface area contributed by atoms with Crippen LogP contribution in [0.5, 0.6) is 5.75 Å². The lowest BCUT2D eigenvalue weighted by atomic mass is 9.53. The molecule has 0 bridgehead atoms. The Morgan fingerprint density at radius 1 is 1.16 bits per heavy atom. The van der Waals surface area contributed by atoms with Crippen molar-refractivity contribution in [3.63, 3.8) is 0 Å². The van der Waals surface area contributed by atoms with Gasteiger partial charge < -0.3 is 14.9 Å². The molecule has 25 heavy (non-hydrogen) atoms. The number of aliphatic hydroxyl groups is 2. The van der Waals surface area contributed by atoms with Crippen LogP contribution >= 0.6 is 0 Å². The van der Waals surface area contributed by atoms with Gasteiger partial charge in [-0.25, -0.2) is 0 Å². The van der Waals surface area contributed by atoms with E-state index in [0.717, 1.165) is 0 Å². The van der Waals surface area contributed by atoms with Crippen LogP contribution in [0.15, 0.2) is 48.7 Å². The van der Waals surface area contributed by atoms with Crippen molar-refractivity contribution >= 4 is 0 Å². The summed E-state index contributed by atoms with van der Waals surface area (Å²) in [5.41, 5.74) is -1.06. The summed E-state index contributed by atoms with van der Waals surface area (Å²) in [6.07, 6.45) is -3.92. The van der Waals surface area contributed by atoms with Crippen molar-refractivity contribution < 1.29 is 28.1 Å². The number of rotatable bonds is 4. The molecule has 0 radical (unpaired) electrons. The Morgan fingerprint density at radius 2 is 1.88 bits per heavy atom. The van der Waals surface area contributed by atoms with Gasteiger partial charge in [0.15, 0.2) is 0 Å². The van der Waals surface area contributed by atoms with Crippen LogP contribution in [0.3, 0.4) is 0 Å². The molecule has 1 fully saturated rings. The zero-order valence-corrected chi connectivity index (χ0v) is 13.5. The first kappa shape index (κ1) is 17.7. The first-order chi connectivity index (χ1) is 11.6. The summed E-state index contributed by atoms with van der Waals surface area (Å²) in [5, 5.41) is 21.1. The monoisotopic (exact) mass is 353 g/mol. The van der Waals surface area contributed by atoms with Crippen molar-refractivity contribution in [2.75, 3.05) is 0 Å². The topological polar surface area (TPSA) is 62.6 Å². The molecule has 0 amide bonds. The van der Waals surface area contributed by atoms with Crippen molar-refractivity contribution in [3.05, 3.63) is 59.9 Å². The molecule has 1 aliphatic carbocycles. The Morgan fingerprint density at radius 3 is 2.44 bits per heavy atom. The molecule has 0 unspecified atom stereocenters. The van der Waals surface area contributed by atoms with Crippen molar-refractivity contribution in [1.82, 2.24) is 4.98 Å². The predicted octanol–water partition coefficient (Wildman–Crippen LogP) is 3.50. The Labute approximate surface area is 142 Å². The molecule has 0 spiro atoms. The highest BCUT2D eigenvalue weighted by atomic mass is 19.4. The standard InChI is InChI=1S/C18H18F3NO3/c1-16(24)10-17(11-16,15(23)14-7-2-3-8-22-14)12-5-4-6-13(9-12)25-18(19,20)21/h2-9,15,23-24H,10-11H2,1H3/t15-,16?,17?/m1/s1. The fraction of sp³-hybridized carbons (Fsp3) is 0.389. The van der Waals surface area contributed by atoms with E-state index in [1.807, 2.05) is 0 Å². The van der Waals surface area contributed by atoms with Gasteiger partial charge in [-0.05, 0) is 49.6 Å². The third-order valence-corrected chi connectivity index (χ3v) is 4.53. The molecular formula is C18H18F3NO3. The van der Waals surface area contributed by atoms with Gasteiger partial charge in [0.25, 0.3) is 0 Å². The first-order valence-corrected chi connectivity index (χ1v) is 7.79. The molecule has 3 rings (SSSR count). The summed E-state index contributed by atoms with van der Waals surface area (Å²) in [6.45, 7) is 1.63. The average Bonchev–Trinajstić information content (AvgIpc) is 2.51. The van der Waals surface area contributed by atoms with Crippen LogP contribution in [0.2, 0.25) is 0 Å². The van der Waals surface area contributed by atoms with Gasteiger partial charge in [-0.3, -0.25) is 4.98 Å². The van der Waals surface area contributed by atoms with Gasteiger partial charge in [0.2, 0.25) is 0 Å². The summed E-state index contributed by atoms with van der Waals surface area (Å²) in [7, 11) is 0. The minimum absolute atomic E-state index is 0.202. The number of nitrogens with zero attached hydrogens (tertiary/aromatic N) is 1. The van der Waals surface area contributed by atoms with E-state index < -0.39 is 23.5 Å². The maximum atomic E-state index is 12.5. The van der Waals surface area contributed by atoms with E-state index in [1.165, 1.54) is 24.4 Å². The zero-order valence-electron chi connectivity index (χ0n) is 13.5. The smallest absolute Gasteiger partial charge is 0.406 e. The van der Waals surface area contributed by atoms with E-state index in [2.05, 4.69) is 9.72 Å². The lowest BCUT2D eigenvalue weighted by Crippen LogP contribution is -2.56. The Kier molecular flexibility index (Phi) is 4.25. The second-order valence-electron chi connectivity index (χ2n) is 6.74. The summed E-state index contributed by atoms with van der Waals surface area (Å²) in [4.78, 5) is 4.14. The minimum atomic E-state index is -4.80. The number of hydrogen-bond donors (Lipinski definition) is 2. The number of alkyl halides is 3. The van der Waals surface area contributed by atoms with Gasteiger partial charge in [-0.1, -0.05) is 18.2 Å². The number of benzene rings is 1. The molecule has 1 aromatic carbocycles. The molecule has 7 heteroatoms. The van der Waals surface area contributed by atoms with Crippen LogP contribution in [-0.4, -0.2) is 27.2 Å². The Balaban J connectivity index is 1.98. The minimum Gasteiger partial charge on any atom is -0.406 e. The van der Waals surface area contributed by atoms with E-state index in [1.54, 1.807) is 31.2 Å². The van der Waals surface area contributed by atoms with Crippen LogP contribution in [0, 0.1) is 0 Å². The highest BCUT2D eigenvalue weighted by molar-refractivity contribution is 5.40. The van der Waals surface area contributed by atoms with Crippen LogP contribution < -0.4 is 4.74 Å². The Hall–Kier alpha value is -2.12. The van der Waals surface area contributed by atoms with Gasteiger partial charge in [0.05, 0.1) is 11.3 Å². The zero-order chi connectivity index (χ0) is 18.3. The normalized spacial score (nSPS) is 27.4. The van der Waals surface area contributed by atoms with Crippen LogP contribution in [-0.2, 0) is 5.41 Å². The summed E-state index contributed by atoms with van der Waals surface area (Å²) >= 11 is 0. The third kappa shape index (κ3) is 3.62. The van der Waals surface area contributed by atoms with Crippen LogP contribution in [0.25, 0.3) is 0 Å². The summed E-state index contributed by atoms with van der Waals surface area (Å²) < 4.78 is 41.5. The highest BCUT2D eigenvalue weighted by Gasteiger charge is 2.57. The predicted molar refractivity (Wildman–Crippen MR) is 83.9 cm³/mol. The average molecular weight is 353 g/mol. The number of aromatic nitrogens is 1. The maximum absolute atomic E-state index is 12.5. The van der Waals surface area contributed by atoms with E-state index in [4.69, 9.17) is 0 Å². The highest BCUT2D eigenvalue weighted by Crippen LogP contribution is 2.57. The number of aliphatic hydroxyl groups excluding tert-OH is 1. The van der Waals surface area contributed by atoms with Crippen molar-refractivity contribution in [1.29, 1.82) is 0 Å². The van der Waals surface area contributed by atoms with Crippen molar-refractivity contribution in [2.45, 2.75) is 43.2 Å². The Bertz CT molecular complexity index is 739. The molecule has 0 aliphatic heterocycles. The number of hydrogen-bond acceptors (Lipinski definition) is 4. The number of halogens is 3. The van der Waals surface area contributed by atoms with Gasteiger partial charge in [0, 0.05) is 11.6 Å². The second kappa shape index (κ2) is 6.00. The third-order valence-electron chi connectivity index (χ3n) is 4.53. The number of pyridine rings is 1. The van der Waals surface area contributed by atoms with E-state index in [0.29, 0.717) is 11.3 Å². The SMILES string of the molecule is CC1(O)CC(c2cccc(OC(F)(F)F)c2)([C@H](O)c2ccccn2)C1. The quantitative estimate of drug-likeness (QED) is 0.883. The van der Waals surface area contributed by atoms with Gasteiger partial charge >= 0.3 is 6.36 Å². The fourth-order valence-electron chi connectivity index (χ4n) is 3.69. The fourth-order valence-corrected chi connectivity index (χ4v) is 3.69. The first-order valence-electron chi connectivity index (χ1n) is 7.79. The lowest BCUT2D eigenvalue weighted by molar-refractivity contribution is -0.274. The number of ether oxygens (including phenoxy) is 1. The molecule has 0 saturated heterocycles. The maximum Gasteiger partial charge on any atom is 0.573 e. The molecular weight excluding hydrogens is 335 g/mol. The van der Waals surface area contributed by atoms with E-state index in [-0.39, 0.29) is 18.6 Å². The summed E-state index contributed by atoms with van der Waals surface area (Å²) in [5.74, 6) is -0.357. The molecule has 1 aromatic heterocycles. The van der Waals surface area contributed by atoms with Gasteiger partial charge in [-0.15, -0.1) is 13.2 Å². The molecule has 1 aliphatic rings. The van der Waals surface area contributed by atoms with Crippen LogP contribution in [0.1, 0.15) is 37.1 Å². The molecule has 2 aromatic rings. The molecule has 1 heterocycles. The van der Waals surface area contributed by atoms with Gasteiger partial charge in [-0.2, -0.15) is 0 Å². The van der Waals surface area contributed by atoms with E-state index >= 15 is 0 Å². The molecule has 2 N–H and O–H groups in total.